The lowest BCUT2D eigenvalue weighted by Crippen LogP contribution is -2.25. The number of alkyl halides is 1. The van der Waals surface area contributed by atoms with E-state index in [0.29, 0.717) is 12.8 Å². The summed E-state index contributed by atoms with van der Waals surface area (Å²) in [5.74, 6) is -0.302. The van der Waals surface area contributed by atoms with Crippen molar-refractivity contribution in [2.45, 2.75) is 44.9 Å². The van der Waals surface area contributed by atoms with Crippen LogP contribution >= 0.6 is 0 Å². The molecule has 0 spiro atoms. The molecular weight excluding hydrogens is 147 g/mol. The summed E-state index contributed by atoms with van der Waals surface area (Å²) in [4.78, 5) is 10.5. The molecule has 64 valence electrons. The van der Waals surface area contributed by atoms with Crippen LogP contribution in [0.4, 0.5) is 4.39 Å². The second kappa shape index (κ2) is 3.69. The molecule has 0 aromatic heterocycles. The van der Waals surface area contributed by atoms with Gasteiger partial charge in [-0.05, 0) is 19.3 Å². The van der Waals surface area contributed by atoms with Crippen LogP contribution in [0, 0.1) is 0 Å². The Morgan fingerprint density at radius 2 is 2.27 bits per heavy atom. The molecule has 0 radical (unpaired) electrons. The fourth-order valence-corrected chi connectivity index (χ4v) is 1.43. The van der Waals surface area contributed by atoms with Gasteiger partial charge in [0.05, 0.1) is 0 Å². The third-order valence-corrected chi connectivity index (χ3v) is 1.89. The van der Waals surface area contributed by atoms with Crippen LogP contribution in [0.1, 0.15) is 32.6 Å². The largest absolute Gasteiger partial charge is 0.462 e. The van der Waals surface area contributed by atoms with Crippen molar-refractivity contribution in [3.05, 3.63) is 0 Å². The zero-order valence-corrected chi connectivity index (χ0v) is 6.68. The number of halogens is 1. The highest BCUT2D eigenvalue weighted by molar-refractivity contribution is 5.66. The molecule has 2 nitrogen and oxygen atoms in total. The third kappa shape index (κ3) is 2.87. The van der Waals surface area contributed by atoms with Crippen LogP contribution < -0.4 is 0 Å². The standard InChI is InChI=1S/C8H13FO2/c1-6(10)11-8-4-2-3-7(9)5-8/h7-8H,2-5H2,1H3/t7?,8-/m0/s1. The number of rotatable bonds is 1. The monoisotopic (exact) mass is 160 g/mol. The minimum atomic E-state index is -0.770. The average molecular weight is 160 g/mol. The van der Waals surface area contributed by atoms with Gasteiger partial charge in [-0.1, -0.05) is 0 Å². The summed E-state index contributed by atoms with van der Waals surface area (Å²) in [6, 6.07) is 0. The normalized spacial score (nSPS) is 31.5. The first-order valence-corrected chi connectivity index (χ1v) is 4.00. The summed E-state index contributed by atoms with van der Waals surface area (Å²) in [6.45, 7) is 1.36. The van der Waals surface area contributed by atoms with E-state index in [9.17, 15) is 9.18 Å². The summed E-state index contributed by atoms with van der Waals surface area (Å²) in [5.41, 5.74) is 0. The number of carbonyl (C=O) groups excluding carboxylic acids is 1. The Kier molecular flexibility index (Phi) is 2.85. The van der Waals surface area contributed by atoms with Gasteiger partial charge in [0.1, 0.15) is 12.3 Å². The van der Waals surface area contributed by atoms with E-state index in [2.05, 4.69) is 0 Å². The van der Waals surface area contributed by atoms with Crippen LogP contribution in [0.25, 0.3) is 0 Å². The van der Waals surface area contributed by atoms with E-state index in [1.165, 1.54) is 6.92 Å². The minimum absolute atomic E-state index is 0.170. The Labute approximate surface area is 65.7 Å². The molecule has 0 saturated heterocycles. The molecule has 0 aromatic rings. The van der Waals surface area contributed by atoms with Crippen molar-refractivity contribution >= 4 is 5.97 Å². The zero-order valence-electron chi connectivity index (χ0n) is 6.68. The Balaban J connectivity index is 2.28. The molecule has 1 rings (SSSR count). The molecule has 1 fully saturated rings. The minimum Gasteiger partial charge on any atom is -0.462 e. The molecule has 0 heterocycles. The summed E-state index contributed by atoms with van der Waals surface area (Å²) < 4.78 is 17.6. The highest BCUT2D eigenvalue weighted by atomic mass is 19.1. The van der Waals surface area contributed by atoms with E-state index >= 15 is 0 Å². The van der Waals surface area contributed by atoms with Crippen molar-refractivity contribution < 1.29 is 13.9 Å². The number of hydrogen-bond donors (Lipinski definition) is 0. The Morgan fingerprint density at radius 3 is 2.82 bits per heavy atom. The molecule has 0 aliphatic heterocycles. The maximum atomic E-state index is 12.7. The van der Waals surface area contributed by atoms with Gasteiger partial charge in [-0.25, -0.2) is 4.39 Å². The van der Waals surface area contributed by atoms with Crippen molar-refractivity contribution in [3.63, 3.8) is 0 Å². The van der Waals surface area contributed by atoms with Crippen LogP contribution in [0.15, 0.2) is 0 Å². The average Bonchev–Trinajstić information content (AvgIpc) is 1.85. The quantitative estimate of drug-likeness (QED) is 0.547. The molecule has 0 N–H and O–H groups in total. The topological polar surface area (TPSA) is 26.3 Å². The van der Waals surface area contributed by atoms with Crippen molar-refractivity contribution in [3.8, 4) is 0 Å². The molecule has 11 heavy (non-hydrogen) atoms. The molecular formula is C8H13FO2. The number of hydrogen-bond acceptors (Lipinski definition) is 2. The highest BCUT2D eigenvalue weighted by Crippen LogP contribution is 2.23. The third-order valence-electron chi connectivity index (χ3n) is 1.89. The summed E-state index contributed by atoms with van der Waals surface area (Å²) in [5, 5.41) is 0. The van der Waals surface area contributed by atoms with E-state index in [1.54, 1.807) is 0 Å². The first-order valence-electron chi connectivity index (χ1n) is 4.00. The smallest absolute Gasteiger partial charge is 0.302 e. The lowest BCUT2D eigenvalue weighted by molar-refractivity contribution is -0.148. The van der Waals surface area contributed by atoms with E-state index < -0.39 is 6.17 Å². The van der Waals surface area contributed by atoms with Crippen molar-refractivity contribution in [2.24, 2.45) is 0 Å². The molecule has 1 aliphatic rings. The lowest BCUT2D eigenvalue weighted by Gasteiger charge is -2.23. The molecule has 3 heteroatoms. The predicted octanol–water partition coefficient (Wildman–Crippen LogP) is 1.83. The first-order chi connectivity index (χ1) is 5.18. The van der Waals surface area contributed by atoms with E-state index in [4.69, 9.17) is 4.74 Å². The van der Waals surface area contributed by atoms with Crippen molar-refractivity contribution in [2.75, 3.05) is 0 Å². The fourth-order valence-electron chi connectivity index (χ4n) is 1.43. The van der Waals surface area contributed by atoms with E-state index in [1.807, 2.05) is 0 Å². The summed E-state index contributed by atoms with van der Waals surface area (Å²) in [6.07, 6.45) is 1.72. The van der Waals surface area contributed by atoms with Gasteiger partial charge < -0.3 is 4.74 Å². The molecule has 1 saturated carbocycles. The van der Waals surface area contributed by atoms with Gasteiger partial charge >= 0.3 is 5.97 Å². The molecule has 1 unspecified atom stereocenters. The second-order valence-electron chi connectivity index (χ2n) is 3.00. The van der Waals surface area contributed by atoms with Crippen LogP contribution in [-0.2, 0) is 9.53 Å². The number of ether oxygens (including phenoxy) is 1. The first kappa shape index (κ1) is 8.50. The predicted molar refractivity (Wildman–Crippen MR) is 38.9 cm³/mol. The Morgan fingerprint density at radius 1 is 1.55 bits per heavy atom. The second-order valence-corrected chi connectivity index (χ2v) is 3.00. The van der Waals surface area contributed by atoms with Gasteiger partial charge in [-0.15, -0.1) is 0 Å². The SMILES string of the molecule is CC(=O)O[C@H]1CCCC(F)C1. The fraction of sp³-hybridized carbons (Fsp3) is 0.875. The van der Waals surface area contributed by atoms with Gasteiger partial charge in [0.2, 0.25) is 0 Å². The maximum Gasteiger partial charge on any atom is 0.302 e. The van der Waals surface area contributed by atoms with E-state index in [-0.39, 0.29) is 12.1 Å². The molecule has 0 aromatic carbocycles. The van der Waals surface area contributed by atoms with Crippen LogP contribution in [0.5, 0.6) is 0 Å². The zero-order chi connectivity index (χ0) is 8.27. The number of carbonyl (C=O) groups is 1. The van der Waals surface area contributed by atoms with Gasteiger partial charge in [0.25, 0.3) is 0 Å². The van der Waals surface area contributed by atoms with Crippen LogP contribution in [0.2, 0.25) is 0 Å². The van der Waals surface area contributed by atoms with Crippen molar-refractivity contribution in [1.29, 1.82) is 0 Å². The molecule has 0 bridgehead atoms. The van der Waals surface area contributed by atoms with Gasteiger partial charge in [-0.2, -0.15) is 0 Å². The molecule has 1 aliphatic carbocycles. The van der Waals surface area contributed by atoms with Crippen molar-refractivity contribution in [1.82, 2.24) is 0 Å². The highest BCUT2D eigenvalue weighted by Gasteiger charge is 2.23. The summed E-state index contributed by atoms with van der Waals surface area (Å²) in [7, 11) is 0. The Hall–Kier alpha value is -0.600. The molecule has 2 atom stereocenters. The molecule has 0 amide bonds. The Bertz CT molecular complexity index is 147. The van der Waals surface area contributed by atoms with Crippen LogP contribution in [0.3, 0.4) is 0 Å². The van der Waals surface area contributed by atoms with Gasteiger partial charge in [0, 0.05) is 13.3 Å². The summed E-state index contributed by atoms with van der Waals surface area (Å²) >= 11 is 0. The van der Waals surface area contributed by atoms with E-state index in [0.717, 1.165) is 12.8 Å². The maximum absolute atomic E-state index is 12.7. The number of esters is 1. The van der Waals surface area contributed by atoms with Gasteiger partial charge in [0.15, 0.2) is 0 Å². The van der Waals surface area contributed by atoms with Gasteiger partial charge in [-0.3, -0.25) is 4.79 Å². The lowest BCUT2D eigenvalue weighted by atomic mass is 9.96. The van der Waals surface area contributed by atoms with Crippen LogP contribution in [-0.4, -0.2) is 18.2 Å².